The number of aliphatic hydroxyl groups excluding tert-OH is 1. The van der Waals surface area contributed by atoms with Gasteiger partial charge in [0.15, 0.2) is 0 Å². The Morgan fingerprint density at radius 3 is 2.13 bits per heavy atom. The van der Waals surface area contributed by atoms with Crippen molar-refractivity contribution in [3.8, 4) is 0 Å². The molecular formula is C13H26O2. The molecule has 1 aliphatic heterocycles. The Hall–Kier alpha value is -0.0800. The predicted molar refractivity (Wildman–Crippen MR) is 63.0 cm³/mol. The van der Waals surface area contributed by atoms with Crippen molar-refractivity contribution in [3.63, 3.8) is 0 Å². The van der Waals surface area contributed by atoms with Crippen LogP contribution in [-0.2, 0) is 4.74 Å². The molecule has 2 heteroatoms. The van der Waals surface area contributed by atoms with E-state index in [4.69, 9.17) is 9.84 Å². The van der Waals surface area contributed by atoms with Gasteiger partial charge >= 0.3 is 0 Å². The maximum absolute atomic E-state index is 8.62. The lowest BCUT2D eigenvalue weighted by Crippen LogP contribution is -1.94. The molecule has 2 atom stereocenters. The molecule has 0 radical (unpaired) electrons. The van der Waals surface area contributed by atoms with E-state index in [1.165, 1.54) is 51.4 Å². The number of rotatable bonds is 10. The van der Waals surface area contributed by atoms with Gasteiger partial charge < -0.3 is 9.84 Å². The summed E-state index contributed by atoms with van der Waals surface area (Å²) >= 11 is 0. The van der Waals surface area contributed by atoms with Crippen LogP contribution >= 0.6 is 0 Å². The van der Waals surface area contributed by atoms with Gasteiger partial charge in [-0.1, -0.05) is 45.4 Å². The molecule has 15 heavy (non-hydrogen) atoms. The summed E-state index contributed by atoms with van der Waals surface area (Å²) in [4.78, 5) is 0. The molecule has 1 saturated heterocycles. The van der Waals surface area contributed by atoms with Crippen molar-refractivity contribution in [2.24, 2.45) is 0 Å². The summed E-state index contributed by atoms with van der Waals surface area (Å²) in [7, 11) is 0. The summed E-state index contributed by atoms with van der Waals surface area (Å²) in [6.07, 6.45) is 12.4. The minimum absolute atomic E-state index is 0.352. The van der Waals surface area contributed by atoms with Crippen molar-refractivity contribution >= 4 is 0 Å². The number of hydrogen-bond acceptors (Lipinski definition) is 2. The molecule has 1 N–H and O–H groups in total. The molecule has 1 heterocycles. The first-order valence-electron chi connectivity index (χ1n) is 6.64. The van der Waals surface area contributed by atoms with Crippen molar-refractivity contribution in [1.29, 1.82) is 0 Å². The van der Waals surface area contributed by atoms with Crippen LogP contribution in [0.15, 0.2) is 0 Å². The zero-order valence-electron chi connectivity index (χ0n) is 10.1. The number of hydrogen-bond donors (Lipinski definition) is 1. The van der Waals surface area contributed by atoms with Crippen LogP contribution in [0.1, 0.15) is 64.7 Å². The largest absolute Gasteiger partial charge is 0.396 e. The molecular weight excluding hydrogens is 188 g/mol. The van der Waals surface area contributed by atoms with E-state index in [0.29, 0.717) is 18.8 Å². The minimum atomic E-state index is 0.352. The molecule has 0 aromatic carbocycles. The van der Waals surface area contributed by atoms with Gasteiger partial charge in [0.2, 0.25) is 0 Å². The lowest BCUT2D eigenvalue weighted by atomic mass is 10.1. The SMILES string of the molecule is CCCCC1OC1CCCCCCCO. The summed E-state index contributed by atoms with van der Waals surface area (Å²) in [5.74, 6) is 0. The molecule has 0 aromatic heterocycles. The summed E-state index contributed by atoms with van der Waals surface area (Å²) in [5.41, 5.74) is 0. The Kier molecular flexibility index (Phi) is 7.03. The molecule has 2 nitrogen and oxygen atoms in total. The van der Waals surface area contributed by atoms with Crippen molar-refractivity contribution in [2.45, 2.75) is 76.9 Å². The lowest BCUT2D eigenvalue weighted by molar-refractivity contribution is 0.282. The van der Waals surface area contributed by atoms with Gasteiger partial charge in [-0.2, -0.15) is 0 Å². The second-order valence-corrected chi connectivity index (χ2v) is 4.64. The highest BCUT2D eigenvalue weighted by molar-refractivity contribution is 4.84. The fourth-order valence-electron chi connectivity index (χ4n) is 2.08. The number of aliphatic hydroxyl groups is 1. The van der Waals surface area contributed by atoms with Crippen LogP contribution < -0.4 is 0 Å². The fraction of sp³-hybridized carbons (Fsp3) is 1.00. The van der Waals surface area contributed by atoms with E-state index in [9.17, 15) is 0 Å². The predicted octanol–water partition coefficient (Wildman–Crippen LogP) is 3.28. The first-order chi connectivity index (χ1) is 7.38. The first kappa shape index (κ1) is 13.0. The highest BCUT2D eigenvalue weighted by Crippen LogP contribution is 2.31. The summed E-state index contributed by atoms with van der Waals surface area (Å²) in [5, 5.41) is 8.62. The average molecular weight is 214 g/mol. The molecule has 1 fully saturated rings. The van der Waals surface area contributed by atoms with Crippen molar-refractivity contribution in [2.75, 3.05) is 6.61 Å². The van der Waals surface area contributed by atoms with Gasteiger partial charge in [0.05, 0.1) is 12.2 Å². The van der Waals surface area contributed by atoms with Crippen LogP contribution in [0.2, 0.25) is 0 Å². The Labute approximate surface area is 94.0 Å². The quantitative estimate of drug-likeness (QED) is 0.447. The summed E-state index contributed by atoms with van der Waals surface area (Å²) < 4.78 is 5.61. The third-order valence-electron chi connectivity index (χ3n) is 3.18. The van der Waals surface area contributed by atoms with Gasteiger partial charge in [-0.05, 0) is 19.3 Å². The van der Waals surface area contributed by atoms with E-state index < -0.39 is 0 Å². The Morgan fingerprint density at radius 2 is 1.47 bits per heavy atom. The third kappa shape index (κ3) is 6.16. The van der Waals surface area contributed by atoms with E-state index in [0.717, 1.165) is 6.42 Å². The molecule has 90 valence electrons. The molecule has 0 saturated carbocycles. The van der Waals surface area contributed by atoms with E-state index in [-0.39, 0.29) is 0 Å². The molecule has 2 unspecified atom stereocenters. The highest BCUT2D eigenvalue weighted by Gasteiger charge is 2.36. The maximum Gasteiger partial charge on any atom is 0.0841 e. The summed E-state index contributed by atoms with van der Waals surface area (Å²) in [6, 6.07) is 0. The van der Waals surface area contributed by atoms with Crippen LogP contribution in [0.3, 0.4) is 0 Å². The second kappa shape index (κ2) is 8.12. The molecule has 0 aliphatic carbocycles. The normalized spacial score (nSPS) is 24.4. The number of epoxide rings is 1. The van der Waals surface area contributed by atoms with Gasteiger partial charge in [-0.25, -0.2) is 0 Å². The Morgan fingerprint density at radius 1 is 0.867 bits per heavy atom. The van der Waals surface area contributed by atoms with Crippen LogP contribution in [0, 0.1) is 0 Å². The smallest absolute Gasteiger partial charge is 0.0841 e. The van der Waals surface area contributed by atoms with Gasteiger partial charge in [0, 0.05) is 6.61 Å². The molecule has 1 rings (SSSR count). The second-order valence-electron chi connectivity index (χ2n) is 4.64. The number of ether oxygens (including phenoxy) is 1. The Balaban J connectivity index is 1.78. The van der Waals surface area contributed by atoms with E-state index in [1.54, 1.807) is 0 Å². The molecule has 0 bridgehead atoms. The zero-order chi connectivity index (χ0) is 10.9. The maximum atomic E-state index is 8.62. The van der Waals surface area contributed by atoms with E-state index in [1.807, 2.05) is 0 Å². The number of unbranched alkanes of at least 4 members (excludes halogenated alkanes) is 5. The zero-order valence-corrected chi connectivity index (χ0v) is 10.1. The summed E-state index contributed by atoms with van der Waals surface area (Å²) in [6.45, 7) is 2.59. The highest BCUT2D eigenvalue weighted by atomic mass is 16.6. The standard InChI is InChI=1S/C13H26O2/c1-2-3-9-12-13(15-12)10-7-5-4-6-8-11-14/h12-14H,2-11H2,1H3. The van der Waals surface area contributed by atoms with Crippen LogP contribution in [0.5, 0.6) is 0 Å². The van der Waals surface area contributed by atoms with Crippen molar-refractivity contribution in [3.05, 3.63) is 0 Å². The van der Waals surface area contributed by atoms with Gasteiger partial charge in [-0.15, -0.1) is 0 Å². The molecule has 1 aliphatic rings. The topological polar surface area (TPSA) is 32.8 Å². The fourth-order valence-corrected chi connectivity index (χ4v) is 2.08. The third-order valence-corrected chi connectivity index (χ3v) is 3.18. The molecule has 0 spiro atoms. The van der Waals surface area contributed by atoms with Crippen molar-refractivity contribution < 1.29 is 9.84 Å². The van der Waals surface area contributed by atoms with Gasteiger partial charge in [-0.3, -0.25) is 0 Å². The van der Waals surface area contributed by atoms with Gasteiger partial charge in [0.1, 0.15) is 0 Å². The average Bonchev–Trinajstić information content (AvgIpc) is 2.99. The van der Waals surface area contributed by atoms with Crippen LogP contribution in [0.25, 0.3) is 0 Å². The molecule has 0 amide bonds. The molecule has 0 aromatic rings. The van der Waals surface area contributed by atoms with E-state index in [2.05, 4.69) is 6.92 Å². The van der Waals surface area contributed by atoms with Gasteiger partial charge in [0.25, 0.3) is 0 Å². The Bertz CT molecular complexity index is 147. The van der Waals surface area contributed by atoms with Crippen LogP contribution in [-0.4, -0.2) is 23.9 Å². The van der Waals surface area contributed by atoms with Crippen molar-refractivity contribution in [1.82, 2.24) is 0 Å². The minimum Gasteiger partial charge on any atom is -0.396 e. The lowest BCUT2D eigenvalue weighted by Gasteiger charge is -1.98. The van der Waals surface area contributed by atoms with E-state index >= 15 is 0 Å². The monoisotopic (exact) mass is 214 g/mol. The van der Waals surface area contributed by atoms with Crippen LogP contribution in [0.4, 0.5) is 0 Å². The first-order valence-corrected chi connectivity index (χ1v) is 6.64.